The van der Waals surface area contributed by atoms with Crippen LogP contribution < -0.4 is 10.6 Å². The van der Waals surface area contributed by atoms with Crippen LogP contribution in [-0.2, 0) is 14.3 Å². The maximum atomic E-state index is 11.5. The summed E-state index contributed by atoms with van der Waals surface area (Å²) in [4.78, 5) is 23.0. The minimum Gasteiger partial charge on any atom is -0.381 e. The van der Waals surface area contributed by atoms with E-state index in [1.807, 2.05) is 20.8 Å². The van der Waals surface area contributed by atoms with E-state index in [9.17, 15) is 9.59 Å². The van der Waals surface area contributed by atoms with Gasteiger partial charge in [0.25, 0.3) is 0 Å². The van der Waals surface area contributed by atoms with Crippen LogP contribution in [0.5, 0.6) is 0 Å². The summed E-state index contributed by atoms with van der Waals surface area (Å²) in [7, 11) is 0. The summed E-state index contributed by atoms with van der Waals surface area (Å²) in [5, 5.41) is 5.36. The lowest BCUT2D eigenvalue weighted by Crippen LogP contribution is -2.42. The lowest BCUT2D eigenvalue weighted by Gasteiger charge is -2.17. The molecular formula is C14H28N2O3. The third kappa shape index (κ3) is 10.5. The molecule has 0 aliphatic carbocycles. The van der Waals surface area contributed by atoms with Crippen molar-refractivity contribution in [2.45, 2.75) is 47.0 Å². The van der Waals surface area contributed by atoms with Crippen LogP contribution in [0.4, 0.5) is 0 Å². The average Bonchev–Trinajstić information content (AvgIpc) is 2.33. The van der Waals surface area contributed by atoms with Gasteiger partial charge in [0.1, 0.15) is 0 Å². The monoisotopic (exact) mass is 272 g/mol. The van der Waals surface area contributed by atoms with Crippen LogP contribution in [0, 0.1) is 5.41 Å². The molecular weight excluding hydrogens is 244 g/mol. The van der Waals surface area contributed by atoms with Gasteiger partial charge >= 0.3 is 0 Å². The fourth-order valence-electron chi connectivity index (χ4n) is 1.24. The lowest BCUT2D eigenvalue weighted by atomic mass is 9.96. The SMILES string of the molecule is CCCCOCCCNC(=O)CNC(=O)C(C)(C)C. The van der Waals surface area contributed by atoms with Crippen molar-refractivity contribution in [2.75, 3.05) is 26.3 Å². The van der Waals surface area contributed by atoms with Gasteiger partial charge in [0, 0.05) is 25.2 Å². The number of carbonyl (C=O) groups is 2. The smallest absolute Gasteiger partial charge is 0.239 e. The zero-order valence-electron chi connectivity index (χ0n) is 12.7. The van der Waals surface area contributed by atoms with E-state index in [0.717, 1.165) is 25.9 Å². The fourth-order valence-corrected chi connectivity index (χ4v) is 1.24. The highest BCUT2D eigenvalue weighted by molar-refractivity contribution is 5.87. The van der Waals surface area contributed by atoms with Gasteiger partial charge in [-0.15, -0.1) is 0 Å². The Morgan fingerprint density at radius 3 is 2.26 bits per heavy atom. The molecule has 19 heavy (non-hydrogen) atoms. The minimum atomic E-state index is -0.465. The molecule has 0 aromatic carbocycles. The molecule has 2 N–H and O–H groups in total. The molecule has 2 amide bonds. The number of rotatable bonds is 9. The number of carbonyl (C=O) groups excluding carboxylic acids is 2. The van der Waals surface area contributed by atoms with E-state index in [-0.39, 0.29) is 18.4 Å². The van der Waals surface area contributed by atoms with Gasteiger partial charge in [-0.1, -0.05) is 34.1 Å². The first-order valence-corrected chi connectivity index (χ1v) is 7.00. The van der Waals surface area contributed by atoms with Crippen molar-refractivity contribution in [3.8, 4) is 0 Å². The van der Waals surface area contributed by atoms with Crippen molar-refractivity contribution in [1.82, 2.24) is 10.6 Å². The normalized spacial score (nSPS) is 11.2. The van der Waals surface area contributed by atoms with Crippen LogP contribution in [-0.4, -0.2) is 38.1 Å². The molecule has 5 heteroatoms. The fraction of sp³-hybridized carbons (Fsp3) is 0.857. The Morgan fingerprint density at radius 1 is 1.05 bits per heavy atom. The molecule has 0 saturated heterocycles. The van der Waals surface area contributed by atoms with Crippen molar-refractivity contribution in [3.05, 3.63) is 0 Å². The first kappa shape index (κ1) is 17.9. The van der Waals surface area contributed by atoms with E-state index >= 15 is 0 Å². The van der Waals surface area contributed by atoms with Crippen molar-refractivity contribution in [1.29, 1.82) is 0 Å². The third-order valence-corrected chi connectivity index (χ3v) is 2.52. The topological polar surface area (TPSA) is 67.4 Å². The molecule has 0 aliphatic heterocycles. The number of amides is 2. The molecule has 0 aromatic heterocycles. The van der Waals surface area contributed by atoms with Gasteiger partial charge in [0.2, 0.25) is 11.8 Å². The molecule has 5 nitrogen and oxygen atoms in total. The summed E-state index contributed by atoms with van der Waals surface area (Å²) in [6.45, 7) is 9.62. The van der Waals surface area contributed by atoms with Crippen molar-refractivity contribution >= 4 is 11.8 Å². The molecule has 0 atom stereocenters. The van der Waals surface area contributed by atoms with Crippen molar-refractivity contribution in [3.63, 3.8) is 0 Å². The number of ether oxygens (including phenoxy) is 1. The second-order valence-corrected chi connectivity index (χ2v) is 5.60. The second kappa shape index (κ2) is 9.78. The number of hydrogen-bond donors (Lipinski definition) is 2. The Hall–Kier alpha value is -1.10. The molecule has 0 radical (unpaired) electrons. The minimum absolute atomic E-state index is 0.0345. The highest BCUT2D eigenvalue weighted by Crippen LogP contribution is 2.11. The van der Waals surface area contributed by atoms with Gasteiger partial charge in [-0.3, -0.25) is 9.59 Å². The second-order valence-electron chi connectivity index (χ2n) is 5.60. The highest BCUT2D eigenvalue weighted by atomic mass is 16.5. The van der Waals surface area contributed by atoms with Crippen LogP contribution in [0.25, 0.3) is 0 Å². The Morgan fingerprint density at radius 2 is 1.68 bits per heavy atom. The van der Waals surface area contributed by atoms with Gasteiger partial charge < -0.3 is 15.4 Å². The average molecular weight is 272 g/mol. The van der Waals surface area contributed by atoms with Crippen molar-refractivity contribution in [2.24, 2.45) is 5.41 Å². The summed E-state index contributed by atoms with van der Waals surface area (Å²) in [6, 6.07) is 0. The lowest BCUT2D eigenvalue weighted by molar-refractivity contribution is -0.131. The van der Waals surface area contributed by atoms with Crippen LogP contribution in [0.3, 0.4) is 0 Å². The van der Waals surface area contributed by atoms with E-state index in [0.29, 0.717) is 13.2 Å². The standard InChI is InChI=1S/C14H28N2O3/c1-5-6-9-19-10-7-8-15-12(17)11-16-13(18)14(2,3)4/h5-11H2,1-4H3,(H,15,17)(H,16,18). The van der Waals surface area contributed by atoms with E-state index in [4.69, 9.17) is 4.74 Å². The third-order valence-electron chi connectivity index (χ3n) is 2.52. The van der Waals surface area contributed by atoms with Crippen LogP contribution in [0.15, 0.2) is 0 Å². The summed E-state index contributed by atoms with van der Waals surface area (Å²) in [5.74, 6) is -0.281. The predicted octanol–water partition coefficient (Wildman–Crippen LogP) is 1.47. The molecule has 0 spiro atoms. The Kier molecular flexibility index (Phi) is 9.21. The predicted molar refractivity (Wildman–Crippen MR) is 75.8 cm³/mol. The molecule has 0 heterocycles. The summed E-state index contributed by atoms with van der Waals surface area (Å²) >= 11 is 0. The zero-order valence-corrected chi connectivity index (χ0v) is 12.7. The van der Waals surface area contributed by atoms with Gasteiger partial charge in [-0.2, -0.15) is 0 Å². The van der Waals surface area contributed by atoms with Crippen LogP contribution in [0.1, 0.15) is 47.0 Å². The van der Waals surface area contributed by atoms with Crippen molar-refractivity contribution < 1.29 is 14.3 Å². The van der Waals surface area contributed by atoms with Gasteiger partial charge in [-0.25, -0.2) is 0 Å². The molecule has 112 valence electrons. The summed E-state index contributed by atoms with van der Waals surface area (Å²) in [5.41, 5.74) is -0.465. The maximum absolute atomic E-state index is 11.5. The Labute approximate surface area is 116 Å². The molecule has 0 aromatic rings. The Balaban J connectivity index is 3.48. The largest absolute Gasteiger partial charge is 0.381 e. The van der Waals surface area contributed by atoms with Crippen LogP contribution >= 0.6 is 0 Å². The van der Waals surface area contributed by atoms with Gasteiger partial charge in [-0.05, 0) is 12.8 Å². The van der Waals surface area contributed by atoms with E-state index < -0.39 is 5.41 Å². The zero-order chi connectivity index (χ0) is 14.7. The van der Waals surface area contributed by atoms with E-state index in [1.165, 1.54) is 0 Å². The number of nitrogens with one attached hydrogen (secondary N) is 2. The number of hydrogen-bond acceptors (Lipinski definition) is 3. The Bertz CT molecular complexity index is 272. The first-order valence-electron chi connectivity index (χ1n) is 7.00. The molecule has 0 aliphatic rings. The van der Waals surface area contributed by atoms with E-state index in [1.54, 1.807) is 0 Å². The molecule has 0 unspecified atom stereocenters. The summed E-state index contributed by atoms with van der Waals surface area (Å²) in [6.07, 6.45) is 3.00. The first-order chi connectivity index (χ1) is 8.88. The molecule has 0 bridgehead atoms. The highest BCUT2D eigenvalue weighted by Gasteiger charge is 2.21. The maximum Gasteiger partial charge on any atom is 0.239 e. The van der Waals surface area contributed by atoms with Gasteiger partial charge in [0.05, 0.1) is 6.54 Å². The quantitative estimate of drug-likeness (QED) is 0.625. The molecule has 0 saturated carbocycles. The van der Waals surface area contributed by atoms with Crippen LogP contribution in [0.2, 0.25) is 0 Å². The van der Waals surface area contributed by atoms with E-state index in [2.05, 4.69) is 17.6 Å². The molecule has 0 fully saturated rings. The summed E-state index contributed by atoms with van der Waals surface area (Å²) < 4.78 is 5.38. The van der Waals surface area contributed by atoms with Gasteiger partial charge in [0.15, 0.2) is 0 Å². The molecule has 0 rings (SSSR count). The number of unbranched alkanes of at least 4 members (excludes halogenated alkanes) is 1.